The second-order valence-electron chi connectivity index (χ2n) is 4.39. The predicted octanol–water partition coefficient (Wildman–Crippen LogP) is 2.54. The van der Waals surface area contributed by atoms with Gasteiger partial charge in [0.2, 0.25) is 5.88 Å². The van der Waals surface area contributed by atoms with Gasteiger partial charge in [-0.3, -0.25) is 0 Å². The Balaban J connectivity index is 2.79. The van der Waals surface area contributed by atoms with Crippen LogP contribution in [-0.4, -0.2) is 25.2 Å². The first-order valence-electron chi connectivity index (χ1n) is 6.18. The summed E-state index contributed by atoms with van der Waals surface area (Å²) < 4.78 is 5.40. The Hall–Kier alpha value is -1.45. The molecule has 0 spiro atoms. The van der Waals surface area contributed by atoms with E-state index in [0.29, 0.717) is 24.1 Å². The van der Waals surface area contributed by atoms with Crippen molar-refractivity contribution in [3.63, 3.8) is 0 Å². The van der Waals surface area contributed by atoms with Crippen LogP contribution < -0.4 is 15.4 Å². The van der Waals surface area contributed by atoms with E-state index >= 15 is 0 Å². The molecule has 0 aliphatic heterocycles. The van der Waals surface area contributed by atoms with Crippen molar-refractivity contribution >= 4 is 11.5 Å². The summed E-state index contributed by atoms with van der Waals surface area (Å²) >= 11 is 0. The second kappa shape index (κ2) is 6.33. The smallest absolute Gasteiger partial charge is 0.239 e. The third-order valence-electron chi connectivity index (χ3n) is 2.83. The molecule has 0 saturated carbocycles. The summed E-state index contributed by atoms with van der Waals surface area (Å²) in [4.78, 5) is 6.56. The van der Waals surface area contributed by atoms with Crippen molar-refractivity contribution < 1.29 is 4.74 Å². The van der Waals surface area contributed by atoms with Crippen molar-refractivity contribution in [3.05, 3.63) is 12.1 Å². The molecule has 96 valence electrons. The van der Waals surface area contributed by atoms with E-state index in [1.807, 2.05) is 26.1 Å². The van der Waals surface area contributed by atoms with Crippen molar-refractivity contribution in [1.82, 2.24) is 4.98 Å². The Morgan fingerprint density at radius 3 is 2.71 bits per heavy atom. The minimum absolute atomic E-state index is 0.529. The first-order valence-corrected chi connectivity index (χ1v) is 6.18. The van der Waals surface area contributed by atoms with E-state index < -0.39 is 0 Å². The molecule has 17 heavy (non-hydrogen) atoms. The molecule has 0 aromatic carbocycles. The largest absolute Gasteiger partial charge is 0.476 e. The van der Waals surface area contributed by atoms with E-state index in [2.05, 4.69) is 23.7 Å². The van der Waals surface area contributed by atoms with Gasteiger partial charge in [-0.1, -0.05) is 20.3 Å². The Morgan fingerprint density at radius 1 is 1.41 bits per heavy atom. The summed E-state index contributed by atoms with van der Waals surface area (Å²) in [6.07, 6.45) is 1.16. The zero-order valence-corrected chi connectivity index (χ0v) is 11.2. The standard InChI is InChI=1S/C13H23N3O/c1-5-10(3)9-16(4)12-8-7-11(14)13(15-12)17-6-2/h7-8,10H,5-6,9,14H2,1-4H3. The fourth-order valence-corrected chi connectivity index (χ4v) is 1.60. The topological polar surface area (TPSA) is 51.4 Å². The highest BCUT2D eigenvalue weighted by atomic mass is 16.5. The van der Waals surface area contributed by atoms with Crippen molar-refractivity contribution in [1.29, 1.82) is 0 Å². The van der Waals surface area contributed by atoms with E-state index in [9.17, 15) is 0 Å². The van der Waals surface area contributed by atoms with E-state index in [-0.39, 0.29) is 0 Å². The molecule has 1 atom stereocenters. The molecule has 4 nitrogen and oxygen atoms in total. The maximum Gasteiger partial charge on any atom is 0.239 e. The number of hydrogen-bond acceptors (Lipinski definition) is 4. The highest BCUT2D eigenvalue weighted by Gasteiger charge is 2.09. The molecule has 0 bridgehead atoms. The van der Waals surface area contributed by atoms with Gasteiger partial charge in [-0.25, -0.2) is 0 Å². The molecule has 0 aliphatic carbocycles. The molecule has 1 rings (SSSR count). The number of anilines is 2. The van der Waals surface area contributed by atoms with Gasteiger partial charge in [0.1, 0.15) is 5.82 Å². The number of ether oxygens (including phenoxy) is 1. The third-order valence-corrected chi connectivity index (χ3v) is 2.83. The Bertz CT molecular complexity index is 355. The van der Waals surface area contributed by atoms with Crippen molar-refractivity contribution in [3.8, 4) is 5.88 Å². The quantitative estimate of drug-likeness (QED) is 0.826. The minimum atomic E-state index is 0.529. The lowest BCUT2D eigenvalue weighted by Crippen LogP contribution is -2.24. The monoisotopic (exact) mass is 237 g/mol. The molecule has 1 aromatic rings. The predicted molar refractivity (Wildman–Crippen MR) is 72.5 cm³/mol. The summed E-state index contributed by atoms with van der Waals surface area (Å²) in [5.41, 5.74) is 6.39. The van der Waals surface area contributed by atoms with Crippen LogP contribution in [0.4, 0.5) is 11.5 Å². The molecule has 0 radical (unpaired) electrons. The molecular weight excluding hydrogens is 214 g/mol. The van der Waals surface area contributed by atoms with Crippen LogP contribution in [0.1, 0.15) is 27.2 Å². The number of nitrogens with zero attached hydrogens (tertiary/aromatic N) is 2. The first-order chi connectivity index (χ1) is 8.08. The van der Waals surface area contributed by atoms with Crippen LogP contribution in [0.3, 0.4) is 0 Å². The highest BCUT2D eigenvalue weighted by Crippen LogP contribution is 2.23. The molecule has 1 aromatic heterocycles. The average molecular weight is 237 g/mol. The number of hydrogen-bond donors (Lipinski definition) is 1. The first kappa shape index (κ1) is 13.6. The van der Waals surface area contributed by atoms with Crippen LogP contribution in [0.5, 0.6) is 5.88 Å². The lowest BCUT2D eigenvalue weighted by Gasteiger charge is -2.22. The molecule has 1 unspecified atom stereocenters. The van der Waals surface area contributed by atoms with Gasteiger partial charge in [0, 0.05) is 13.6 Å². The van der Waals surface area contributed by atoms with Crippen LogP contribution >= 0.6 is 0 Å². The fraction of sp³-hybridized carbons (Fsp3) is 0.615. The van der Waals surface area contributed by atoms with Crippen molar-refractivity contribution in [2.45, 2.75) is 27.2 Å². The zero-order chi connectivity index (χ0) is 12.8. The van der Waals surface area contributed by atoms with Crippen LogP contribution in [0.2, 0.25) is 0 Å². The maximum atomic E-state index is 5.80. The third kappa shape index (κ3) is 3.80. The van der Waals surface area contributed by atoms with Crippen LogP contribution in [0.15, 0.2) is 12.1 Å². The molecule has 2 N–H and O–H groups in total. The molecule has 0 fully saturated rings. The Morgan fingerprint density at radius 2 is 2.12 bits per heavy atom. The summed E-state index contributed by atoms with van der Waals surface area (Å²) in [6.45, 7) is 7.92. The fourth-order valence-electron chi connectivity index (χ4n) is 1.60. The maximum absolute atomic E-state index is 5.80. The van der Waals surface area contributed by atoms with E-state index in [0.717, 1.165) is 18.8 Å². The lowest BCUT2D eigenvalue weighted by molar-refractivity contribution is 0.329. The van der Waals surface area contributed by atoms with Crippen molar-refractivity contribution in [2.24, 2.45) is 5.92 Å². The number of pyridine rings is 1. The molecule has 1 heterocycles. The van der Waals surface area contributed by atoms with Gasteiger partial charge < -0.3 is 15.4 Å². The van der Waals surface area contributed by atoms with Gasteiger partial charge in [-0.05, 0) is 25.0 Å². The zero-order valence-electron chi connectivity index (χ0n) is 11.2. The molecular formula is C13H23N3O. The molecule has 4 heteroatoms. The van der Waals surface area contributed by atoms with Gasteiger partial charge in [-0.2, -0.15) is 4.98 Å². The van der Waals surface area contributed by atoms with Gasteiger partial charge in [0.15, 0.2) is 0 Å². The van der Waals surface area contributed by atoms with Crippen LogP contribution in [0.25, 0.3) is 0 Å². The van der Waals surface area contributed by atoms with Gasteiger partial charge in [0.05, 0.1) is 12.3 Å². The number of aromatic nitrogens is 1. The minimum Gasteiger partial charge on any atom is -0.476 e. The Kier molecular flexibility index (Phi) is 5.07. The number of nitrogen functional groups attached to an aromatic ring is 1. The number of rotatable bonds is 6. The summed E-state index contributed by atoms with van der Waals surface area (Å²) in [5.74, 6) is 2.08. The average Bonchev–Trinajstić information content (AvgIpc) is 2.32. The summed E-state index contributed by atoms with van der Waals surface area (Å²) in [7, 11) is 2.04. The van der Waals surface area contributed by atoms with Gasteiger partial charge in [-0.15, -0.1) is 0 Å². The SMILES string of the molecule is CCOc1nc(N(C)CC(C)CC)ccc1N. The highest BCUT2D eigenvalue weighted by molar-refractivity contribution is 5.54. The molecule has 0 aliphatic rings. The van der Waals surface area contributed by atoms with Gasteiger partial charge >= 0.3 is 0 Å². The van der Waals surface area contributed by atoms with E-state index in [1.54, 1.807) is 0 Å². The van der Waals surface area contributed by atoms with Crippen LogP contribution in [-0.2, 0) is 0 Å². The van der Waals surface area contributed by atoms with Crippen LogP contribution in [0, 0.1) is 5.92 Å². The lowest BCUT2D eigenvalue weighted by atomic mass is 10.1. The van der Waals surface area contributed by atoms with E-state index in [1.165, 1.54) is 0 Å². The summed E-state index contributed by atoms with van der Waals surface area (Å²) in [6, 6.07) is 3.78. The Labute approximate surface area is 104 Å². The summed E-state index contributed by atoms with van der Waals surface area (Å²) in [5, 5.41) is 0. The molecule has 0 saturated heterocycles. The number of nitrogens with two attached hydrogens (primary N) is 1. The second-order valence-corrected chi connectivity index (χ2v) is 4.39. The molecule has 0 amide bonds. The van der Waals surface area contributed by atoms with E-state index in [4.69, 9.17) is 10.5 Å². The normalized spacial score (nSPS) is 12.2. The van der Waals surface area contributed by atoms with Crippen molar-refractivity contribution in [2.75, 3.05) is 30.8 Å². The van der Waals surface area contributed by atoms with Gasteiger partial charge in [0.25, 0.3) is 0 Å².